The summed E-state index contributed by atoms with van der Waals surface area (Å²) in [6.45, 7) is 2.24. The summed E-state index contributed by atoms with van der Waals surface area (Å²) < 4.78 is 10.8. The Balaban J connectivity index is 1.23. The standard InChI is InChI=1S/C26H21ClN4O6/c27-19-16-17(7-8-21(19)29-11-13-30(14-12-29)26(33)24-6-3-15-36-24)28-25(32)23-10-9-22(37-23)18-4-1-2-5-20(18)31(34)35/h1-10,15-16H,11-14H2,(H,28,32). The zero-order valence-corrected chi connectivity index (χ0v) is 20.2. The number of rotatable bonds is 6. The predicted molar refractivity (Wildman–Crippen MR) is 137 cm³/mol. The van der Waals surface area contributed by atoms with Crippen molar-refractivity contribution < 1.29 is 23.3 Å². The number of hydrogen-bond donors (Lipinski definition) is 1. The van der Waals surface area contributed by atoms with E-state index >= 15 is 0 Å². The maximum absolute atomic E-state index is 12.7. The summed E-state index contributed by atoms with van der Waals surface area (Å²) in [4.78, 5) is 39.8. The van der Waals surface area contributed by atoms with Gasteiger partial charge in [0.05, 0.1) is 27.5 Å². The van der Waals surface area contributed by atoms with Gasteiger partial charge in [-0.05, 0) is 48.5 Å². The van der Waals surface area contributed by atoms with E-state index in [9.17, 15) is 19.7 Å². The highest BCUT2D eigenvalue weighted by Crippen LogP contribution is 2.32. The Hall–Kier alpha value is -4.57. The van der Waals surface area contributed by atoms with Gasteiger partial charge in [0, 0.05) is 37.9 Å². The maximum atomic E-state index is 12.7. The molecular weight excluding hydrogens is 500 g/mol. The normalized spacial score (nSPS) is 13.4. The van der Waals surface area contributed by atoms with Crippen molar-refractivity contribution in [2.75, 3.05) is 36.4 Å². The fourth-order valence-electron chi connectivity index (χ4n) is 4.19. The van der Waals surface area contributed by atoms with E-state index in [-0.39, 0.29) is 28.7 Å². The van der Waals surface area contributed by atoms with Gasteiger partial charge < -0.3 is 24.0 Å². The van der Waals surface area contributed by atoms with Crippen LogP contribution in [0.5, 0.6) is 0 Å². The third-order valence-electron chi connectivity index (χ3n) is 6.04. The zero-order valence-electron chi connectivity index (χ0n) is 19.4. The van der Waals surface area contributed by atoms with E-state index in [4.69, 9.17) is 20.4 Å². The van der Waals surface area contributed by atoms with Crippen LogP contribution in [0.4, 0.5) is 17.1 Å². The lowest BCUT2D eigenvalue weighted by atomic mass is 10.1. The van der Waals surface area contributed by atoms with Crippen molar-refractivity contribution in [2.24, 2.45) is 0 Å². The van der Waals surface area contributed by atoms with Crippen LogP contribution in [-0.2, 0) is 0 Å². The molecule has 1 fully saturated rings. The molecule has 0 aliphatic carbocycles. The van der Waals surface area contributed by atoms with Crippen molar-refractivity contribution in [1.29, 1.82) is 0 Å². The second-order valence-electron chi connectivity index (χ2n) is 8.32. The van der Waals surface area contributed by atoms with Crippen molar-refractivity contribution >= 4 is 40.5 Å². The molecule has 3 heterocycles. The van der Waals surface area contributed by atoms with Gasteiger partial charge in [0.2, 0.25) is 0 Å². The molecule has 11 heteroatoms. The lowest BCUT2D eigenvalue weighted by molar-refractivity contribution is -0.384. The van der Waals surface area contributed by atoms with Crippen molar-refractivity contribution in [3.05, 3.63) is 99.7 Å². The first-order valence-corrected chi connectivity index (χ1v) is 11.8. The van der Waals surface area contributed by atoms with Crippen molar-refractivity contribution in [3.8, 4) is 11.3 Å². The third kappa shape index (κ3) is 5.05. The first-order valence-electron chi connectivity index (χ1n) is 11.4. The molecule has 2 aromatic carbocycles. The van der Waals surface area contributed by atoms with E-state index in [1.807, 2.05) is 6.07 Å². The molecule has 2 amide bonds. The fraction of sp³-hybridized carbons (Fsp3) is 0.154. The minimum atomic E-state index is -0.515. The van der Waals surface area contributed by atoms with E-state index in [1.165, 1.54) is 24.5 Å². The molecule has 10 nitrogen and oxygen atoms in total. The number of furan rings is 2. The Labute approximate surface area is 216 Å². The smallest absolute Gasteiger partial charge is 0.291 e. The van der Waals surface area contributed by atoms with E-state index < -0.39 is 10.8 Å². The van der Waals surface area contributed by atoms with Crippen LogP contribution in [0.3, 0.4) is 0 Å². The minimum absolute atomic E-state index is 0.00527. The first kappa shape index (κ1) is 24.1. The highest BCUT2D eigenvalue weighted by molar-refractivity contribution is 6.33. The molecular formula is C26H21ClN4O6. The number of hydrogen-bond acceptors (Lipinski definition) is 7. The third-order valence-corrected chi connectivity index (χ3v) is 6.34. The van der Waals surface area contributed by atoms with Crippen LogP contribution >= 0.6 is 11.6 Å². The molecule has 1 aliphatic heterocycles. The number of nitrogens with one attached hydrogen (secondary N) is 1. The van der Waals surface area contributed by atoms with Crippen LogP contribution in [-0.4, -0.2) is 47.8 Å². The summed E-state index contributed by atoms with van der Waals surface area (Å²) in [6.07, 6.45) is 1.48. The van der Waals surface area contributed by atoms with Gasteiger partial charge in [-0.3, -0.25) is 19.7 Å². The van der Waals surface area contributed by atoms with Gasteiger partial charge in [0.1, 0.15) is 5.76 Å². The first-order chi connectivity index (χ1) is 17.9. The Kier molecular flexibility index (Phi) is 6.65. The number of nitro groups is 1. The van der Waals surface area contributed by atoms with E-state index in [0.29, 0.717) is 42.6 Å². The number of piperazine rings is 1. The summed E-state index contributed by atoms with van der Waals surface area (Å²) in [5, 5.41) is 14.5. The SMILES string of the molecule is O=C(Nc1ccc(N2CCN(C(=O)c3ccco3)CC2)c(Cl)c1)c1ccc(-c2ccccc2[N+](=O)[O-])o1. The molecule has 0 atom stereocenters. The summed E-state index contributed by atoms with van der Waals surface area (Å²) in [6, 6.07) is 17.6. The Morgan fingerprint density at radius 2 is 1.73 bits per heavy atom. The molecule has 2 aromatic heterocycles. The number of para-hydroxylation sites is 1. The predicted octanol–water partition coefficient (Wildman–Crippen LogP) is 5.32. The molecule has 1 N–H and O–H groups in total. The van der Waals surface area contributed by atoms with Gasteiger partial charge in [-0.15, -0.1) is 0 Å². The number of amides is 2. The van der Waals surface area contributed by atoms with Crippen LogP contribution in [0.2, 0.25) is 5.02 Å². The largest absolute Gasteiger partial charge is 0.459 e. The van der Waals surface area contributed by atoms with E-state index in [0.717, 1.165) is 5.69 Å². The molecule has 188 valence electrons. The summed E-state index contributed by atoms with van der Waals surface area (Å²) in [5.41, 5.74) is 1.43. The molecule has 1 aliphatic rings. The summed E-state index contributed by atoms with van der Waals surface area (Å²) in [5.74, 6) is -0.117. The van der Waals surface area contributed by atoms with Gasteiger partial charge >= 0.3 is 0 Å². The molecule has 37 heavy (non-hydrogen) atoms. The Morgan fingerprint density at radius 3 is 2.43 bits per heavy atom. The van der Waals surface area contributed by atoms with Crippen molar-refractivity contribution in [2.45, 2.75) is 0 Å². The molecule has 0 saturated carbocycles. The Morgan fingerprint density at radius 1 is 0.946 bits per heavy atom. The lowest BCUT2D eigenvalue weighted by Crippen LogP contribution is -2.48. The zero-order chi connectivity index (χ0) is 25.9. The number of benzene rings is 2. The molecule has 0 radical (unpaired) electrons. The number of nitrogens with zero attached hydrogens (tertiary/aromatic N) is 3. The molecule has 1 saturated heterocycles. The van der Waals surface area contributed by atoms with E-state index in [2.05, 4.69) is 10.2 Å². The molecule has 0 unspecified atom stereocenters. The van der Waals surface area contributed by atoms with Gasteiger partial charge in [-0.2, -0.15) is 0 Å². The van der Waals surface area contributed by atoms with Crippen LogP contribution in [0.25, 0.3) is 11.3 Å². The molecule has 0 bridgehead atoms. The van der Waals surface area contributed by atoms with E-state index in [1.54, 1.807) is 47.4 Å². The van der Waals surface area contributed by atoms with Crippen LogP contribution in [0.15, 0.2) is 81.8 Å². The maximum Gasteiger partial charge on any atom is 0.291 e. The molecule has 4 aromatic rings. The summed E-state index contributed by atoms with van der Waals surface area (Å²) in [7, 11) is 0. The number of carbonyl (C=O) groups is 2. The van der Waals surface area contributed by atoms with Crippen molar-refractivity contribution in [3.63, 3.8) is 0 Å². The number of carbonyl (C=O) groups excluding carboxylic acids is 2. The number of anilines is 2. The van der Waals surface area contributed by atoms with Gasteiger partial charge in [0.25, 0.3) is 17.5 Å². The molecule has 5 rings (SSSR count). The monoisotopic (exact) mass is 520 g/mol. The topological polar surface area (TPSA) is 122 Å². The summed E-state index contributed by atoms with van der Waals surface area (Å²) >= 11 is 6.53. The number of halogens is 1. The second-order valence-corrected chi connectivity index (χ2v) is 8.72. The van der Waals surface area contributed by atoms with Crippen LogP contribution in [0.1, 0.15) is 21.1 Å². The fourth-order valence-corrected chi connectivity index (χ4v) is 4.49. The average Bonchev–Trinajstić information content (AvgIpc) is 3.62. The molecule has 0 spiro atoms. The second kappa shape index (κ2) is 10.2. The van der Waals surface area contributed by atoms with Crippen LogP contribution < -0.4 is 10.2 Å². The van der Waals surface area contributed by atoms with Gasteiger partial charge in [0.15, 0.2) is 11.5 Å². The lowest BCUT2D eigenvalue weighted by Gasteiger charge is -2.36. The van der Waals surface area contributed by atoms with Gasteiger partial charge in [-0.1, -0.05) is 23.7 Å². The quantitative estimate of drug-likeness (QED) is 0.270. The van der Waals surface area contributed by atoms with Crippen molar-refractivity contribution in [1.82, 2.24) is 4.90 Å². The highest BCUT2D eigenvalue weighted by Gasteiger charge is 2.25. The minimum Gasteiger partial charge on any atom is -0.459 e. The van der Waals surface area contributed by atoms with Crippen LogP contribution in [0, 0.1) is 10.1 Å². The highest BCUT2D eigenvalue weighted by atomic mass is 35.5. The van der Waals surface area contributed by atoms with Gasteiger partial charge in [-0.25, -0.2) is 0 Å². The number of nitro benzene ring substituents is 1. The Bertz CT molecular complexity index is 1460. The average molecular weight is 521 g/mol.